The molecular weight excluding hydrogens is 496 g/mol. The van der Waals surface area contributed by atoms with Crippen molar-refractivity contribution < 1.29 is 27.0 Å². The standard InChI is InChI=1S/C24H20F4N6O3/c1-31-10-13-8-14(4-7-16(13)29)34-23(35)20(12-2-5-15(6-3-12)37-24(27)28)22-21(33-34)17(30)9-19(32-22)36-11-18(25)26/h2-10,18,24H,11,29-30H2,1H3. The third-order valence-corrected chi connectivity index (χ3v) is 5.15. The van der Waals surface area contributed by atoms with E-state index in [0.717, 1.165) is 4.68 Å². The topological polar surface area (TPSA) is 131 Å². The van der Waals surface area contributed by atoms with Crippen LogP contribution in [-0.4, -0.2) is 47.7 Å². The number of hydrogen-bond acceptors (Lipinski definition) is 8. The van der Waals surface area contributed by atoms with Gasteiger partial charge in [0, 0.05) is 30.6 Å². The number of fused-ring (bicyclic) bond motifs is 1. The number of aromatic nitrogens is 3. The summed E-state index contributed by atoms with van der Waals surface area (Å²) >= 11 is 0. The second-order valence-electron chi connectivity index (χ2n) is 7.64. The summed E-state index contributed by atoms with van der Waals surface area (Å²) in [5.74, 6) is -0.370. The fraction of sp³-hybridized carbons (Fsp3) is 0.167. The van der Waals surface area contributed by atoms with Crippen LogP contribution in [0.2, 0.25) is 0 Å². The van der Waals surface area contributed by atoms with Gasteiger partial charge in [-0.15, -0.1) is 0 Å². The fourth-order valence-electron chi connectivity index (χ4n) is 3.57. The summed E-state index contributed by atoms with van der Waals surface area (Å²) < 4.78 is 61.0. The van der Waals surface area contributed by atoms with Gasteiger partial charge in [-0.2, -0.15) is 18.6 Å². The van der Waals surface area contributed by atoms with Gasteiger partial charge in [-0.25, -0.2) is 13.8 Å². The Morgan fingerprint density at radius 3 is 2.41 bits per heavy atom. The average Bonchev–Trinajstić information content (AvgIpc) is 2.84. The molecule has 0 aliphatic carbocycles. The van der Waals surface area contributed by atoms with E-state index < -0.39 is 25.2 Å². The van der Waals surface area contributed by atoms with Crippen LogP contribution in [0.3, 0.4) is 0 Å². The van der Waals surface area contributed by atoms with Crippen LogP contribution in [0.15, 0.2) is 58.3 Å². The van der Waals surface area contributed by atoms with Crippen LogP contribution in [0.4, 0.5) is 28.9 Å². The SMILES string of the molecule is CN=Cc1cc(-n2nc3c(N)cc(OCC(F)F)nc3c(-c3ccc(OC(F)F)cc3)c2=O)ccc1N. The lowest BCUT2D eigenvalue weighted by molar-refractivity contribution is -0.0498. The molecule has 0 aliphatic heterocycles. The highest BCUT2D eigenvalue weighted by molar-refractivity contribution is 5.97. The van der Waals surface area contributed by atoms with Gasteiger partial charge in [-0.3, -0.25) is 9.79 Å². The van der Waals surface area contributed by atoms with Crippen molar-refractivity contribution in [3.05, 3.63) is 64.4 Å². The Morgan fingerprint density at radius 1 is 1.03 bits per heavy atom. The summed E-state index contributed by atoms with van der Waals surface area (Å²) in [4.78, 5) is 21.9. The number of ether oxygens (including phenoxy) is 2. The fourth-order valence-corrected chi connectivity index (χ4v) is 3.57. The first-order valence-electron chi connectivity index (χ1n) is 10.7. The lowest BCUT2D eigenvalue weighted by Crippen LogP contribution is -2.24. The molecule has 2 aromatic carbocycles. The molecule has 4 N–H and O–H groups in total. The number of pyridine rings is 1. The van der Waals surface area contributed by atoms with Gasteiger partial charge in [0.2, 0.25) is 5.88 Å². The minimum atomic E-state index is -3.03. The molecule has 4 aromatic rings. The predicted octanol–water partition coefficient (Wildman–Crippen LogP) is 3.91. The number of hydrogen-bond donors (Lipinski definition) is 2. The summed E-state index contributed by atoms with van der Waals surface area (Å²) in [7, 11) is 1.56. The molecule has 37 heavy (non-hydrogen) atoms. The highest BCUT2D eigenvalue weighted by Crippen LogP contribution is 2.31. The van der Waals surface area contributed by atoms with E-state index in [4.69, 9.17) is 16.2 Å². The number of nitrogens with zero attached hydrogens (tertiary/aromatic N) is 4. The lowest BCUT2D eigenvalue weighted by atomic mass is 10.0. The molecule has 192 valence electrons. The van der Waals surface area contributed by atoms with Crippen molar-refractivity contribution in [1.82, 2.24) is 14.8 Å². The Kier molecular flexibility index (Phi) is 7.22. The molecule has 0 saturated heterocycles. The molecule has 0 atom stereocenters. The summed E-state index contributed by atoms with van der Waals surface area (Å²) in [5, 5.41) is 4.36. The molecule has 0 amide bonds. The monoisotopic (exact) mass is 516 g/mol. The molecule has 0 aliphatic rings. The van der Waals surface area contributed by atoms with E-state index in [1.807, 2.05) is 0 Å². The Morgan fingerprint density at radius 2 is 1.76 bits per heavy atom. The Labute approximate surface area is 207 Å². The quantitative estimate of drug-likeness (QED) is 0.206. The highest BCUT2D eigenvalue weighted by Gasteiger charge is 2.20. The minimum Gasteiger partial charge on any atom is -0.472 e. The normalized spacial score (nSPS) is 11.6. The van der Waals surface area contributed by atoms with Gasteiger partial charge in [-0.05, 0) is 35.9 Å². The molecule has 0 unspecified atom stereocenters. The maximum absolute atomic E-state index is 13.7. The summed E-state index contributed by atoms with van der Waals surface area (Å²) in [5.41, 5.74) is 13.1. The number of nitrogens with two attached hydrogens (primary N) is 2. The summed E-state index contributed by atoms with van der Waals surface area (Å²) in [6.45, 7) is -3.97. The van der Waals surface area contributed by atoms with Crippen molar-refractivity contribution in [2.24, 2.45) is 4.99 Å². The number of benzene rings is 2. The van der Waals surface area contributed by atoms with E-state index >= 15 is 0 Å². The van der Waals surface area contributed by atoms with E-state index in [0.29, 0.717) is 16.9 Å². The van der Waals surface area contributed by atoms with Gasteiger partial charge < -0.3 is 20.9 Å². The van der Waals surface area contributed by atoms with Crippen molar-refractivity contribution >= 4 is 28.6 Å². The molecule has 2 aromatic heterocycles. The minimum absolute atomic E-state index is 0.00714. The Hall–Kier alpha value is -4.68. The molecule has 4 rings (SSSR count). The molecule has 0 spiro atoms. The van der Waals surface area contributed by atoms with Crippen molar-refractivity contribution in [3.63, 3.8) is 0 Å². The summed E-state index contributed by atoms with van der Waals surface area (Å²) in [6, 6.07) is 11.2. The van der Waals surface area contributed by atoms with Crippen LogP contribution >= 0.6 is 0 Å². The van der Waals surface area contributed by atoms with Gasteiger partial charge in [-0.1, -0.05) is 12.1 Å². The molecule has 0 bridgehead atoms. The maximum atomic E-state index is 13.7. The molecule has 9 nitrogen and oxygen atoms in total. The second kappa shape index (κ2) is 10.5. The van der Waals surface area contributed by atoms with E-state index in [-0.39, 0.29) is 39.5 Å². The lowest BCUT2D eigenvalue weighted by Gasteiger charge is -2.14. The molecule has 13 heteroatoms. The van der Waals surface area contributed by atoms with E-state index in [2.05, 4.69) is 19.8 Å². The van der Waals surface area contributed by atoms with Crippen molar-refractivity contribution in [2.45, 2.75) is 13.0 Å². The first-order valence-corrected chi connectivity index (χ1v) is 10.7. The number of halogens is 4. The van der Waals surface area contributed by atoms with Crippen LogP contribution < -0.4 is 26.5 Å². The maximum Gasteiger partial charge on any atom is 0.387 e. The van der Waals surface area contributed by atoms with Gasteiger partial charge in [0.25, 0.3) is 12.0 Å². The number of rotatable bonds is 8. The first-order chi connectivity index (χ1) is 17.7. The van der Waals surface area contributed by atoms with Gasteiger partial charge >= 0.3 is 6.61 Å². The molecule has 2 heterocycles. The molecule has 0 saturated carbocycles. The Bertz CT molecular complexity index is 1520. The number of nitrogen functional groups attached to an aromatic ring is 2. The first kappa shape index (κ1) is 25.4. The molecule has 0 fully saturated rings. The van der Waals surface area contributed by atoms with Crippen molar-refractivity contribution in [1.29, 1.82) is 0 Å². The van der Waals surface area contributed by atoms with Crippen molar-refractivity contribution in [2.75, 3.05) is 25.1 Å². The number of aliphatic imine (C=N–C) groups is 1. The number of anilines is 2. The third kappa shape index (κ3) is 5.44. The van der Waals surface area contributed by atoms with Crippen molar-refractivity contribution in [3.8, 4) is 28.4 Å². The van der Waals surface area contributed by atoms with E-state index in [1.165, 1.54) is 36.5 Å². The van der Waals surface area contributed by atoms with Gasteiger partial charge in [0.1, 0.15) is 16.8 Å². The van der Waals surface area contributed by atoms with Gasteiger partial charge in [0.05, 0.1) is 16.9 Å². The van der Waals surface area contributed by atoms with E-state index in [9.17, 15) is 22.4 Å². The molecule has 0 radical (unpaired) electrons. The third-order valence-electron chi connectivity index (χ3n) is 5.15. The van der Waals surface area contributed by atoms with Gasteiger partial charge in [0.15, 0.2) is 6.61 Å². The second-order valence-corrected chi connectivity index (χ2v) is 7.64. The van der Waals surface area contributed by atoms with Crippen LogP contribution in [0, 0.1) is 0 Å². The summed E-state index contributed by atoms with van der Waals surface area (Å²) in [6.07, 6.45) is -1.26. The predicted molar refractivity (Wildman–Crippen MR) is 131 cm³/mol. The van der Waals surface area contributed by atoms with Crippen LogP contribution in [0.5, 0.6) is 11.6 Å². The van der Waals surface area contributed by atoms with Crippen LogP contribution in [0.1, 0.15) is 5.56 Å². The number of alkyl halides is 4. The van der Waals surface area contributed by atoms with Crippen LogP contribution in [0.25, 0.3) is 27.8 Å². The van der Waals surface area contributed by atoms with Crippen LogP contribution in [-0.2, 0) is 0 Å². The highest BCUT2D eigenvalue weighted by atomic mass is 19.3. The molecular formula is C24H20F4N6O3. The largest absolute Gasteiger partial charge is 0.472 e. The zero-order valence-electron chi connectivity index (χ0n) is 19.2. The zero-order chi connectivity index (χ0) is 26.7. The zero-order valence-corrected chi connectivity index (χ0v) is 19.2. The average molecular weight is 516 g/mol. The smallest absolute Gasteiger partial charge is 0.387 e. The Balaban J connectivity index is 1.98. The van der Waals surface area contributed by atoms with E-state index in [1.54, 1.807) is 25.2 Å².